The van der Waals surface area contributed by atoms with Gasteiger partial charge in [-0.05, 0) is 87.4 Å². The first kappa shape index (κ1) is 36.2. The molecule has 0 saturated heterocycles. The van der Waals surface area contributed by atoms with Crippen molar-refractivity contribution in [3.05, 3.63) is 141 Å². The maximum atomic E-state index is 13.7. The number of hydrogen-bond acceptors (Lipinski definition) is 7. The fourth-order valence-electron chi connectivity index (χ4n) is 5.82. The van der Waals surface area contributed by atoms with Crippen molar-refractivity contribution in [2.75, 3.05) is 31.1 Å². The van der Waals surface area contributed by atoms with E-state index in [0.29, 0.717) is 18.1 Å². The second kappa shape index (κ2) is 16.5. The van der Waals surface area contributed by atoms with E-state index < -0.39 is 0 Å². The minimum absolute atomic E-state index is 0. The van der Waals surface area contributed by atoms with Gasteiger partial charge in [0.1, 0.15) is 10.7 Å². The maximum absolute atomic E-state index is 13.7. The van der Waals surface area contributed by atoms with Crippen LogP contribution in [0.1, 0.15) is 44.4 Å². The number of benzene rings is 3. The van der Waals surface area contributed by atoms with Gasteiger partial charge in [-0.15, -0.1) is 0 Å². The Labute approximate surface area is 314 Å². The van der Waals surface area contributed by atoms with Crippen LogP contribution in [-0.2, 0) is 9.53 Å². The molecule has 0 fully saturated rings. The third kappa shape index (κ3) is 7.54. The fraction of sp³-hybridized carbons (Fsp3) is 0.231. The molecule has 48 heavy (non-hydrogen) atoms. The first-order valence-electron chi connectivity index (χ1n) is 16.2. The van der Waals surface area contributed by atoms with Gasteiger partial charge >= 0.3 is 5.91 Å². The minimum atomic E-state index is 0. The molecule has 0 atom stereocenters. The highest BCUT2D eigenvalue weighted by Crippen LogP contribution is 2.51. The Morgan fingerprint density at radius 2 is 1.52 bits per heavy atom. The number of halogens is 1. The molecule has 0 N–H and O–H groups in total. The standard InChI is InChI=1S/C39H40N3O2S3.HI/c1-6-40-31-24-27(5)20-22-32(31)45-34(40)25-30(44-9-4)21-23-33-39(43)42(8-3)36(46-33)26-35-41(7-2)37(28-16-12-10-13-17-28)38(47-35)29-18-14-11-15-19-29;/h10-26H,6-9H2,1-5H3;1H/q+1;/p-1. The molecule has 5 nitrogen and oxygen atoms in total. The normalized spacial score (nSPS) is 18.9. The van der Waals surface area contributed by atoms with Crippen molar-refractivity contribution in [2.45, 2.75) is 39.5 Å². The molecule has 9 heteroatoms. The average Bonchev–Trinajstić information content (AvgIpc) is 3.73. The number of hydrogen-bond donors (Lipinski definition) is 0. The fourth-order valence-corrected chi connectivity index (χ4v) is 9.38. The molecule has 3 aliphatic rings. The second-order valence-corrected chi connectivity index (χ2v) is 14.2. The van der Waals surface area contributed by atoms with E-state index in [1.54, 1.807) is 23.5 Å². The number of amides is 1. The molecule has 0 saturated carbocycles. The summed E-state index contributed by atoms with van der Waals surface area (Å²) < 4.78 is 7.94. The van der Waals surface area contributed by atoms with Crippen molar-refractivity contribution in [1.82, 2.24) is 4.90 Å². The van der Waals surface area contributed by atoms with Crippen LogP contribution < -0.4 is 28.9 Å². The Morgan fingerprint density at radius 1 is 0.833 bits per heavy atom. The molecule has 0 bridgehead atoms. The molecule has 0 aromatic heterocycles. The van der Waals surface area contributed by atoms with Gasteiger partial charge in [-0.1, -0.05) is 90.3 Å². The monoisotopic (exact) mass is 805 g/mol. The summed E-state index contributed by atoms with van der Waals surface area (Å²) in [4.78, 5) is 21.5. The molecule has 3 aromatic rings. The zero-order valence-corrected chi connectivity index (χ0v) is 32.5. The van der Waals surface area contributed by atoms with Crippen LogP contribution in [0, 0.1) is 6.92 Å². The molecule has 0 unspecified atom stereocenters. The van der Waals surface area contributed by atoms with Gasteiger partial charge in [-0.25, -0.2) is 4.79 Å². The van der Waals surface area contributed by atoms with Crippen LogP contribution in [0.4, 0.5) is 5.69 Å². The average molecular weight is 806 g/mol. The number of nitrogens with zero attached hydrogens (tertiary/aromatic N) is 3. The number of fused-ring (bicyclic) bond motifs is 1. The number of rotatable bonds is 10. The van der Waals surface area contributed by atoms with E-state index in [0.717, 1.165) is 34.0 Å². The smallest absolute Gasteiger partial charge is 0.427 e. The van der Waals surface area contributed by atoms with Gasteiger partial charge < -0.3 is 38.5 Å². The number of likely N-dealkylation sites (N-methyl/N-ethyl adjacent to an activating group) is 1. The van der Waals surface area contributed by atoms with Crippen molar-refractivity contribution < 1.29 is 38.1 Å². The Bertz CT molecular complexity index is 1860. The summed E-state index contributed by atoms with van der Waals surface area (Å²) in [7, 11) is 0. The first-order valence-corrected chi connectivity index (χ1v) is 18.6. The lowest BCUT2D eigenvalue weighted by atomic mass is 10.1. The summed E-state index contributed by atoms with van der Waals surface area (Å²) in [5.74, 6) is 0.754. The van der Waals surface area contributed by atoms with Crippen LogP contribution in [0.15, 0.2) is 129 Å². The van der Waals surface area contributed by atoms with Crippen molar-refractivity contribution in [3.63, 3.8) is 0 Å². The van der Waals surface area contributed by atoms with Crippen LogP contribution in [0.2, 0.25) is 0 Å². The van der Waals surface area contributed by atoms with Crippen LogP contribution in [0.5, 0.6) is 0 Å². The predicted molar refractivity (Wildman–Crippen MR) is 202 cm³/mol. The van der Waals surface area contributed by atoms with Gasteiger partial charge in [0.2, 0.25) is 0 Å². The Kier molecular flexibility index (Phi) is 12.4. The van der Waals surface area contributed by atoms with Gasteiger partial charge in [-0.2, -0.15) is 4.58 Å². The Morgan fingerprint density at radius 3 is 2.17 bits per heavy atom. The summed E-state index contributed by atoms with van der Waals surface area (Å²) in [5.41, 5.74) is 6.05. The third-order valence-corrected chi connectivity index (χ3v) is 11.4. The zero-order valence-electron chi connectivity index (χ0n) is 27.9. The van der Waals surface area contributed by atoms with Crippen molar-refractivity contribution in [2.24, 2.45) is 0 Å². The predicted octanol–water partition coefficient (Wildman–Crippen LogP) is 6.72. The Hall–Kier alpha value is -3.12. The molecule has 3 heterocycles. The van der Waals surface area contributed by atoms with Crippen molar-refractivity contribution in [3.8, 4) is 0 Å². The molecule has 0 aliphatic carbocycles. The molecular formula is C39H40IN3O2S3. The SMILES string of the molecule is CCOC(=CC=C1SC(C=C2SC(c3ccccc3)=C(c3ccccc3)N2CC)=[N+](CC)C1=O)C=C1Sc2ccc(C)cc2N1CC.[I-]. The number of anilines is 1. The van der Waals surface area contributed by atoms with Gasteiger partial charge in [0.15, 0.2) is 6.54 Å². The molecule has 1 amide bonds. The second-order valence-electron chi connectivity index (χ2n) is 11.1. The largest absolute Gasteiger partial charge is 1.00 e. The molecule has 3 aliphatic heterocycles. The summed E-state index contributed by atoms with van der Waals surface area (Å²) in [6, 6.07) is 27.7. The van der Waals surface area contributed by atoms with Gasteiger partial charge in [0.25, 0.3) is 5.04 Å². The zero-order chi connectivity index (χ0) is 32.9. The lowest BCUT2D eigenvalue weighted by Gasteiger charge is -2.21. The van der Waals surface area contributed by atoms with E-state index in [4.69, 9.17) is 4.74 Å². The number of aryl methyl sites for hydroxylation is 1. The van der Waals surface area contributed by atoms with E-state index in [1.165, 1.54) is 49.6 Å². The molecular weight excluding hydrogens is 766 g/mol. The van der Waals surface area contributed by atoms with Crippen LogP contribution in [0.3, 0.4) is 0 Å². The molecule has 248 valence electrons. The number of carbonyl (C=O) groups excluding carboxylic acids is 1. The lowest BCUT2D eigenvalue weighted by molar-refractivity contribution is -0.435. The van der Waals surface area contributed by atoms with Crippen molar-refractivity contribution >= 4 is 62.5 Å². The molecule has 3 aromatic carbocycles. The minimum Gasteiger partial charge on any atom is -1.00 e. The van der Waals surface area contributed by atoms with E-state index >= 15 is 0 Å². The highest BCUT2D eigenvalue weighted by molar-refractivity contribution is 8.18. The van der Waals surface area contributed by atoms with Gasteiger partial charge in [0, 0.05) is 35.0 Å². The highest BCUT2D eigenvalue weighted by atomic mass is 127. The summed E-state index contributed by atoms with van der Waals surface area (Å²) in [6.07, 6.45) is 8.13. The van der Waals surface area contributed by atoms with Crippen molar-refractivity contribution in [1.29, 1.82) is 0 Å². The molecule has 6 rings (SSSR count). The van der Waals surface area contributed by atoms with Gasteiger partial charge in [-0.3, -0.25) is 0 Å². The maximum Gasteiger partial charge on any atom is 0.427 e. The topological polar surface area (TPSA) is 35.8 Å². The summed E-state index contributed by atoms with van der Waals surface area (Å²) >= 11 is 5.05. The van der Waals surface area contributed by atoms with E-state index in [2.05, 4.69) is 122 Å². The highest BCUT2D eigenvalue weighted by Gasteiger charge is 2.38. The number of carbonyl (C=O) groups is 1. The van der Waals surface area contributed by atoms with Crippen LogP contribution in [0.25, 0.3) is 10.6 Å². The van der Waals surface area contributed by atoms with Crippen LogP contribution in [-0.4, -0.2) is 46.7 Å². The van der Waals surface area contributed by atoms with E-state index in [9.17, 15) is 4.79 Å². The van der Waals surface area contributed by atoms with Gasteiger partial charge in [0.05, 0.1) is 28.0 Å². The lowest BCUT2D eigenvalue weighted by Crippen LogP contribution is -3.00. The first-order chi connectivity index (χ1) is 22.9. The number of ether oxygens (including phenoxy) is 1. The summed E-state index contributed by atoms with van der Waals surface area (Å²) in [6.45, 7) is 13.3. The Balaban J connectivity index is 0.00000451. The number of thioether (sulfide) groups is 3. The number of allylic oxidation sites excluding steroid dienone is 3. The molecule has 0 radical (unpaired) electrons. The van der Waals surface area contributed by atoms with Crippen LogP contribution >= 0.6 is 35.3 Å². The third-order valence-electron chi connectivity index (χ3n) is 8.03. The quantitative estimate of drug-likeness (QED) is 0.0976. The summed E-state index contributed by atoms with van der Waals surface area (Å²) in [5, 5.41) is 3.17. The van der Waals surface area contributed by atoms with E-state index in [-0.39, 0.29) is 29.9 Å². The van der Waals surface area contributed by atoms with E-state index in [1.807, 2.05) is 30.6 Å². The molecule has 0 spiro atoms.